The van der Waals surface area contributed by atoms with Crippen LogP contribution in [0.1, 0.15) is 16.8 Å². The quantitative estimate of drug-likeness (QED) is 0.325. The molecule has 0 aliphatic carbocycles. The molecule has 0 bridgehead atoms. The number of hydrogen-bond donors (Lipinski definition) is 2. The monoisotopic (exact) mass is 508 g/mol. The second kappa shape index (κ2) is 11.5. The van der Waals surface area contributed by atoms with Crippen LogP contribution in [0.3, 0.4) is 0 Å². The van der Waals surface area contributed by atoms with E-state index in [4.69, 9.17) is 0 Å². The molecule has 0 saturated carbocycles. The van der Waals surface area contributed by atoms with Gasteiger partial charge in [0, 0.05) is 37.6 Å². The number of nitrogens with one attached hydrogen (secondary N) is 2. The Kier molecular flexibility index (Phi) is 10.1. The lowest BCUT2D eigenvalue weighted by Gasteiger charge is -2.11. The summed E-state index contributed by atoms with van der Waals surface area (Å²) in [5, 5.41) is 7.31. The molecule has 1 aromatic heterocycles. The molecule has 0 radical (unpaired) electrons. The number of aryl methyl sites for hydroxylation is 1. The van der Waals surface area contributed by atoms with Gasteiger partial charge in [-0.15, -0.1) is 35.3 Å². The molecule has 9 heteroatoms. The van der Waals surface area contributed by atoms with Crippen molar-refractivity contribution in [2.24, 2.45) is 4.99 Å². The van der Waals surface area contributed by atoms with E-state index in [2.05, 4.69) is 27.5 Å². The minimum atomic E-state index is -3.28. The molecule has 26 heavy (non-hydrogen) atoms. The average Bonchev–Trinajstić information content (AvgIpc) is 3.09. The summed E-state index contributed by atoms with van der Waals surface area (Å²) in [4.78, 5) is 10.1. The van der Waals surface area contributed by atoms with Crippen LogP contribution in [-0.4, -0.2) is 45.3 Å². The molecule has 0 aliphatic rings. The summed E-state index contributed by atoms with van der Waals surface area (Å²) in [7, 11) is -1.62. The summed E-state index contributed by atoms with van der Waals surface area (Å²) in [6.45, 7) is 3.11. The van der Waals surface area contributed by atoms with E-state index in [1.165, 1.54) is 4.88 Å². The number of nitrogens with zero attached hydrogens (tertiary/aromatic N) is 2. The molecule has 0 unspecified atom stereocenters. The summed E-state index contributed by atoms with van der Waals surface area (Å²) in [6.07, 6.45) is 3.74. The third kappa shape index (κ3) is 7.20. The lowest BCUT2D eigenvalue weighted by molar-refractivity contribution is 0.594. The molecule has 2 rings (SSSR count). The van der Waals surface area contributed by atoms with Crippen LogP contribution in [0, 0.1) is 0 Å². The van der Waals surface area contributed by atoms with Crippen LogP contribution in [-0.2, 0) is 22.7 Å². The molecular formula is C17H25IN4O2S2. The second-order valence-electron chi connectivity index (χ2n) is 5.38. The minimum Gasteiger partial charge on any atom is -0.356 e. The number of aromatic nitrogens is 1. The van der Waals surface area contributed by atoms with Crippen LogP contribution in [0.25, 0.3) is 0 Å². The summed E-state index contributed by atoms with van der Waals surface area (Å²) >= 11 is 1.72. The van der Waals surface area contributed by atoms with Gasteiger partial charge in [-0.25, -0.2) is 13.4 Å². The predicted octanol–water partition coefficient (Wildman–Crippen LogP) is 2.50. The Morgan fingerprint density at radius 1 is 1.19 bits per heavy atom. The first-order valence-electron chi connectivity index (χ1n) is 8.21. The smallest absolute Gasteiger partial charge is 0.191 e. The number of benzene rings is 1. The molecule has 0 fully saturated rings. The SMILES string of the molecule is CCc1cnc(CCNC(=NC)NCCS(=O)(=O)c2ccccc2)s1.I. The zero-order valence-corrected chi connectivity index (χ0v) is 18.9. The van der Waals surface area contributed by atoms with Crippen molar-refractivity contribution in [1.29, 1.82) is 0 Å². The van der Waals surface area contributed by atoms with Crippen molar-refractivity contribution >= 4 is 51.1 Å². The highest BCUT2D eigenvalue weighted by Crippen LogP contribution is 2.13. The molecule has 0 amide bonds. The van der Waals surface area contributed by atoms with E-state index >= 15 is 0 Å². The summed E-state index contributed by atoms with van der Waals surface area (Å²) in [5.74, 6) is 0.611. The first kappa shape index (κ1) is 22.8. The van der Waals surface area contributed by atoms with Gasteiger partial charge in [0.25, 0.3) is 0 Å². The van der Waals surface area contributed by atoms with Crippen molar-refractivity contribution < 1.29 is 8.42 Å². The number of aliphatic imine (C=N–C) groups is 1. The van der Waals surface area contributed by atoms with Gasteiger partial charge in [-0.1, -0.05) is 25.1 Å². The first-order chi connectivity index (χ1) is 12.0. The number of sulfone groups is 1. The Labute approximate surface area is 176 Å². The first-order valence-corrected chi connectivity index (χ1v) is 10.7. The molecule has 0 aliphatic heterocycles. The van der Waals surface area contributed by atoms with Crippen molar-refractivity contribution in [1.82, 2.24) is 15.6 Å². The number of hydrogen-bond acceptors (Lipinski definition) is 5. The third-order valence-electron chi connectivity index (χ3n) is 3.57. The van der Waals surface area contributed by atoms with Gasteiger partial charge < -0.3 is 10.6 Å². The van der Waals surface area contributed by atoms with E-state index < -0.39 is 9.84 Å². The zero-order valence-electron chi connectivity index (χ0n) is 14.9. The highest BCUT2D eigenvalue weighted by atomic mass is 127. The molecule has 1 heterocycles. The summed E-state index contributed by atoms with van der Waals surface area (Å²) in [5.41, 5.74) is 0. The molecule has 6 nitrogen and oxygen atoms in total. The van der Waals surface area contributed by atoms with Gasteiger partial charge in [0.05, 0.1) is 15.7 Å². The van der Waals surface area contributed by atoms with E-state index in [1.807, 2.05) is 6.20 Å². The Hall–Kier alpha value is -1.20. The molecule has 2 N–H and O–H groups in total. The second-order valence-corrected chi connectivity index (χ2v) is 8.69. The van der Waals surface area contributed by atoms with Crippen LogP contribution in [0.4, 0.5) is 0 Å². The molecule has 1 aromatic carbocycles. The minimum absolute atomic E-state index is 0. The van der Waals surface area contributed by atoms with Gasteiger partial charge in [0.1, 0.15) is 0 Å². The van der Waals surface area contributed by atoms with E-state index in [9.17, 15) is 8.42 Å². The lowest BCUT2D eigenvalue weighted by Crippen LogP contribution is -2.40. The molecule has 0 saturated heterocycles. The van der Waals surface area contributed by atoms with E-state index in [0.29, 0.717) is 23.9 Å². The van der Waals surface area contributed by atoms with Crippen molar-refractivity contribution in [2.45, 2.75) is 24.7 Å². The maximum Gasteiger partial charge on any atom is 0.191 e. The average molecular weight is 508 g/mol. The Morgan fingerprint density at radius 3 is 2.50 bits per heavy atom. The standard InChI is InChI=1S/C17H24N4O2S2.HI/c1-3-14-13-21-16(24-14)9-10-19-17(18-2)20-11-12-25(22,23)15-7-5-4-6-8-15;/h4-8,13H,3,9-12H2,1-2H3,(H2,18,19,20);1H. The molecule has 144 valence electrons. The normalized spacial score (nSPS) is 11.7. The maximum absolute atomic E-state index is 12.2. The highest BCUT2D eigenvalue weighted by Gasteiger charge is 2.13. The molecule has 2 aromatic rings. The number of halogens is 1. The van der Waals surface area contributed by atoms with Crippen LogP contribution < -0.4 is 10.6 Å². The summed E-state index contributed by atoms with van der Waals surface area (Å²) in [6, 6.07) is 8.48. The summed E-state index contributed by atoms with van der Waals surface area (Å²) < 4.78 is 24.4. The van der Waals surface area contributed by atoms with Gasteiger partial charge in [0.2, 0.25) is 0 Å². The van der Waals surface area contributed by atoms with Crippen molar-refractivity contribution in [3.8, 4) is 0 Å². The molecule has 0 spiro atoms. The Bertz CT molecular complexity index is 792. The van der Waals surface area contributed by atoms with Crippen LogP contribution in [0.2, 0.25) is 0 Å². The highest BCUT2D eigenvalue weighted by molar-refractivity contribution is 14.0. The maximum atomic E-state index is 12.2. The van der Waals surface area contributed by atoms with Gasteiger partial charge >= 0.3 is 0 Å². The van der Waals surface area contributed by atoms with Gasteiger partial charge in [-0.2, -0.15) is 0 Å². The van der Waals surface area contributed by atoms with Crippen molar-refractivity contribution in [3.05, 3.63) is 46.4 Å². The largest absolute Gasteiger partial charge is 0.356 e. The number of rotatable bonds is 8. The van der Waals surface area contributed by atoms with E-state index in [1.54, 1.807) is 48.7 Å². The molecule has 0 atom stereocenters. The van der Waals surface area contributed by atoms with Crippen LogP contribution in [0.5, 0.6) is 0 Å². The topological polar surface area (TPSA) is 83.4 Å². The van der Waals surface area contributed by atoms with Crippen molar-refractivity contribution in [2.75, 3.05) is 25.9 Å². The van der Waals surface area contributed by atoms with Crippen molar-refractivity contribution in [3.63, 3.8) is 0 Å². The lowest BCUT2D eigenvalue weighted by atomic mass is 10.4. The predicted molar refractivity (Wildman–Crippen MR) is 118 cm³/mol. The number of thiazole rings is 1. The third-order valence-corrected chi connectivity index (χ3v) is 6.50. The van der Waals surface area contributed by atoms with Crippen LogP contribution >= 0.6 is 35.3 Å². The Balaban J connectivity index is 0.00000338. The van der Waals surface area contributed by atoms with Gasteiger partial charge in [0.15, 0.2) is 15.8 Å². The van der Waals surface area contributed by atoms with Crippen LogP contribution in [0.15, 0.2) is 46.4 Å². The fourth-order valence-electron chi connectivity index (χ4n) is 2.18. The van der Waals surface area contributed by atoms with E-state index in [0.717, 1.165) is 17.8 Å². The fraction of sp³-hybridized carbons (Fsp3) is 0.412. The zero-order chi connectivity index (χ0) is 18.1. The Morgan fingerprint density at radius 2 is 1.88 bits per heavy atom. The number of guanidine groups is 1. The van der Waals surface area contributed by atoms with Gasteiger partial charge in [-0.3, -0.25) is 4.99 Å². The van der Waals surface area contributed by atoms with Gasteiger partial charge in [-0.05, 0) is 18.6 Å². The fourth-order valence-corrected chi connectivity index (χ4v) is 4.23. The van der Waals surface area contributed by atoms with E-state index in [-0.39, 0.29) is 29.7 Å². The molecular weight excluding hydrogens is 483 g/mol.